The van der Waals surface area contributed by atoms with Crippen molar-refractivity contribution in [3.63, 3.8) is 0 Å². The molecule has 0 aliphatic heterocycles. The number of amides is 1. The molecule has 0 heterocycles. The van der Waals surface area contributed by atoms with E-state index in [2.05, 4.69) is 4.99 Å². The van der Waals surface area contributed by atoms with Crippen LogP contribution in [0.1, 0.15) is 27.1 Å². The van der Waals surface area contributed by atoms with Gasteiger partial charge < -0.3 is 5.73 Å². The molecule has 0 fully saturated rings. The van der Waals surface area contributed by atoms with Crippen LogP contribution >= 0.6 is 11.6 Å². The van der Waals surface area contributed by atoms with Crippen molar-refractivity contribution < 1.29 is 9.59 Å². The van der Waals surface area contributed by atoms with E-state index in [-0.39, 0.29) is 12.2 Å². The zero-order valence-electron chi connectivity index (χ0n) is 11.1. The first-order valence-electron chi connectivity index (χ1n) is 6.28. The Kier molecular flexibility index (Phi) is 4.85. The fraction of sp³-hybridized carbons (Fsp3) is 0.0625. The lowest BCUT2D eigenvalue weighted by Gasteiger charge is -2.00. The molecule has 0 radical (unpaired) electrons. The van der Waals surface area contributed by atoms with Gasteiger partial charge in [-0.2, -0.15) is 0 Å². The molecule has 21 heavy (non-hydrogen) atoms. The van der Waals surface area contributed by atoms with Crippen LogP contribution in [0.25, 0.3) is 0 Å². The van der Waals surface area contributed by atoms with E-state index in [4.69, 9.17) is 17.3 Å². The normalized spacial score (nSPS) is 10.7. The lowest BCUT2D eigenvalue weighted by molar-refractivity contribution is 0.0993. The van der Waals surface area contributed by atoms with Crippen molar-refractivity contribution in [1.82, 2.24) is 0 Å². The molecule has 2 aromatic carbocycles. The summed E-state index contributed by atoms with van der Waals surface area (Å²) in [7, 11) is 0. The van der Waals surface area contributed by atoms with Gasteiger partial charge in [0.2, 0.25) is 0 Å². The van der Waals surface area contributed by atoms with Crippen molar-refractivity contribution in [2.45, 2.75) is 6.42 Å². The predicted molar refractivity (Wildman–Crippen MR) is 83.5 cm³/mol. The van der Waals surface area contributed by atoms with Gasteiger partial charge in [0.05, 0.1) is 11.3 Å². The maximum absolute atomic E-state index is 11.9. The number of aliphatic imine (C=N–C) groups is 1. The Labute approximate surface area is 127 Å². The van der Waals surface area contributed by atoms with E-state index < -0.39 is 5.91 Å². The highest BCUT2D eigenvalue weighted by molar-refractivity contribution is 6.30. The summed E-state index contributed by atoms with van der Waals surface area (Å²) in [5.74, 6) is -0.626. The molecule has 1 amide bonds. The first kappa shape index (κ1) is 14.9. The summed E-state index contributed by atoms with van der Waals surface area (Å²) in [6.45, 7) is 0. The van der Waals surface area contributed by atoms with Gasteiger partial charge in [0, 0.05) is 23.2 Å². The molecule has 2 N–H and O–H groups in total. The van der Waals surface area contributed by atoms with Crippen LogP contribution in [-0.4, -0.2) is 17.9 Å². The van der Waals surface area contributed by atoms with Crippen LogP contribution in [0.15, 0.2) is 53.5 Å². The topological polar surface area (TPSA) is 72.5 Å². The number of carbonyl (C=O) groups is 2. The second-order valence-corrected chi connectivity index (χ2v) is 4.76. The minimum Gasteiger partial charge on any atom is -0.366 e. The van der Waals surface area contributed by atoms with Gasteiger partial charge in [-0.25, -0.2) is 0 Å². The first-order valence-corrected chi connectivity index (χ1v) is 6.66. The van der Waals surface area contributed by atoms with Crippen LogP contribution in [0, 0.1) is 0 Å². The van der Waals surface area contributed by atoms with Gasteiger partial charge in [0.25, 0.3) is 5.91 Å². The number of benzene rings is 2. The van der Waals surface area contributed by atoms with E-state index in [0.717, 1.165) is 0 Å². The van der Waals surface area contributed by atoms with Crippen LogP contribution in [0.5, 0.6) is 0 Å². The number of hydrogen-bond acceptors (Lipinski definition) is 3. The number of halogens is 1. The molecule has 106 valence electrons. The second-order valence-electron chi connectivity index (χ2n) is 4.33. The Bertz CT molecular complexity index is 694. The van der Waals surface area contributed by atoms with Gasteiger partial charge in [-0.1, -0.05) is 23.7 Å². The Morgan fingerprint density at radius 1 is 1.10 bits per heavy atom. The summed E-state index contributed by atoms with van der Waals surface area (Å²) in [5, 5.41) is 0.579. The fourth-order valence-electron chi connectivity index (χ4n) is 1.78. The fourth-order valence-corrected chi connectivity index (χ4v) is 1.90. The molecule has 2 aromatic rings. The molecule has 0 spiro atoms. The van der Waals surface area contributed by atoms with E-state index in [1.54, 1.807) is 48.5 Å². The quantitative estimate of drug-likeness (QED) is 0.679. The van der Waals surface area contributed by atoms with Crippen molar-refractivity contribution in [2.75, 3.05) is 0 Å². The summed E-state index contributed by atoms with van der Waals surface area (Å²) in [5.41, 5.74) is 6.60. The van der Waals surface area contributed by atoms with E-state index in [9.17, 15) is 9.59 Å². The summed E-state index contributed by atoms with van der Waals surface area (Å²) in [4.78, 5) is 27.3. The Morgan fingerprint density at radius 3 is 2.43 bits per heavy atom. The Balaban J connectivity index is 2.07. The van der Waals surface area contributed by atoms with Crippen LogP contribution in [0.3, 0.4) is 0 Å². The maximum atomic E-state index is 11.9. The number of ketones is 1. The van der Waals surface area contributed by atoms with Crippen molar-refractivity contribution in [1.29, 1.82) is 0 Å². The highest BCUT2D eigenvalue weighted by atomic mass is 35.5. The number of nitrogens with two attached hydrogens (primary N) is 1. The molecule has 0 atom stereocenters. The number of Topliss-reactive ketones (excluding diaryl/α,β-unsaturated/α-hetero) is 1. The van der Waals surface area contributed by atoms with E-state index in [1.807, 2.05) is 0 Å². The highest BCUT2D eigenvalue weighted by Gasteiger charge is 2.06. The SMILES string of the molecule is NC(=O)c1ccccc1N=CCC(=O)c1ccc(Cl)cc1. The molecule has 0 unspecified atom stereocenters. The monoisotopic (exact) mass is 300 g/mol. The van der Waals surface area contributed by atoms with E-state index in [0.29, 0.717) is 21.8 Å². The number of hydrogen-bond donors (Lipinski definition) is 1. The van der Waals surface area contributed by atoms with Crippen molar-refractivity contribution in [2.24, 2.45) is 10.7 Å². The number of para-hydroxylation sites is 1. The molecule has 0 aromatic heterocycles. The molecule has 4 nitrogen and oxygen atoms in total. The largest absolute Gasteiger partial charge is 0.366 e. The smallest absolute Gasteiger partial charge is 0.250 e. The van der Waals surface area contributed by atoms with Crippen LogP contribution < -0.4 is 5.73 Å². The predicted octanol–water partition coefficient (Wildman–Crippen LogP) is 3.41. The zero-order valence-corrected chi connectivity index (χ0v) is 11.9. The van der Waals surface area contributed by atoms with Crippen LogP contribution in [-0.2, 0) is 0 Å². The molecule has 0 bridgehead atoms. The lowest BCUT2D eigenvalue weighted by Crippen LogP contribution is -2.10. The molecular weight excluding hydrogens is 288 g/mol. The average Bonchev–Trinajstić information content (AvgIpc) is 2.48. The third-order valence-electron chi connectivity index (χ3n) is 2.84. The summed E-state index contributed by atoms with van der Waals surface area (Å²) in [6, 6.07) is 13.4. The van der Waals surface area contributed by atoms with E-state index in [1.165, 1.54) is 6.21 Å². The standard InChI is InChI=1S/C16H13ClN2O2/c17-12-7-5-11(6-8-12)15(20)9-10-19-14-4-2-1-3-13(14)16(18)21/h1-8,10H,9H2,(H2,18,21). The van der Waals surface area contributed by atoms with Gasteiger partial charge in [-0.05, 0) is 36.4 Å². The molecule has 0 saturated heterocycles. The van der Waals surface area contributed by atoms with Crippen LogP contribution in [0.4, 0.5) is 5.69 Å². The maximum Gasteiger partial charge on any atom is 0.250 e. The van der Waals surface area contributed by atoms with Crippen molar-refractivity contribution in [3.8, 4) is 0 Å². The van der Waals surface area contributed by atoms with Gasteiger partial charge in [0.1, 0.15) is 0 Å². The number of primary amides is 1. The number of carbonyl (C=O) groups excluding carboxylic acids is 2. The van der Waals surface area contributed by atoms with Gasteiger partial charge in [-0.15, -0.1) is 0 Å². The van der Waals surface area contributed by atoms with Gasteiger partial charge in [0.15, 0.2) is 5.78 Å². The van der Waals surface area contributed by atoms with Crippen molar-refractivity contribution >= 4 is 35.2 Å². The molecule has 2 rings (SSSR count). The first-order chi connectivity index (χ1) is 10.1. The summed E-state index contributed by atoms with van der Waals surface area (Å²) in [6.07, 6.45) is 1.60. The number of rotatable bonds is 5. The lowest BCUT2D eigenvalue weighted by atomic mass is 10.1. The molecular formula is C16H13ClN2O2. The summed E-state index contributed by atoms with van der Waals surface area (Å²) >= 11 is 5.77. The van der Waals surface area contributed by atoms with Crippen LogP contribution in [0.2, 0.25) is 5.02 Å². The average molecular weight is 301 g/mol. The third kappa shape index (κ3) is 4.00. The second kappa shape index (κ2) is 6.81. The zero-order chi connectivity index (χ0) is 15.2. The van der Waals surface area contributed by atoms with E-state index >= 15 is 0 Å². The van der Waals surface area contributed by atoms with Gasteiger partial charge in [-0.3, -0.25) is 14.6 Å². The van der Waals surface area contributed by atoms with Crippen molar-refractivity contribution in [3.05, 3.63) is 64.7 Å². The number of nitrogens with zero attached hydrogens (tertiary/aromatic N) is 1. The minimum atomic E-state index is -0.549. The van der Waals surface area contributed by atoms with Gasteiger partial charge >= 0.3 is 0 Å². The third-order valence-corrected chi connectivity index (χ3v) is 3.09. The minimum absolute atomic E-state index is 0.0769. The highest BCUT2D eigenvalue weighted by Crippen LogP contribution is 2.17. The Morgan fingerprint density at radius 2 is 1.76 bits per heavy atom. The molecule has 0 aliphatic rings. The molecule has 5 heteroatoms. The molecule has 0 aliphatic carbocycles. The summed E-state index contributed by atoms with van der Waals surface area (Å²) < 4.78 is 0. The molecule has 0 saturated carbocycles. The Hall–Kier alpha value is -2.46.